The van der Waals surface area contributed by atoms with Crippen molar-refractivity contribution < 1.29 is 4.79 Å². The van der Waals surface area contributed by atoms with Crippen molar-refractivity contribution in [2.24, 2.45) is 0 Å². The van der Waals surface area contributed by atoms with Crippen molar-refractivity contribution >= 4 is 23.4 Å². The molecule has 0 saturated carbocycles. The lowest BCUT2D eigenvalue weighted by Gasteiger charge is -2.08. The Kier molecular flexibility index (Phi) is 5.01. The number of nitrogens with zero attached hydrogens (tertiary/aromatic N) is 1. The van der Waals surface area contributed by atoms with Crippen molar-refractivity contribution in [2.75, 3.05) is 11.1 Å². The molecule has 3 rings (SSSR count). The van der Waals surface area contributed by atoms with Crippen LogP contribution in [0.3, 0.4) is 0 Å². The predicted octanol–water partition coefficient (Wildman–Crippen LogP) is 4.42. The van der Waals surface area contributed by atoms with Crippen LogP contribution in [0.4, 0.5) is 5.69 Å². The summed E-state index contributed by atoms with van der Waals surface area (Å²) >= 11 is 1.39. The van der Waals surface area contributed by atoms with Gasteiger partial charge in [-0.05, 0) is 31.0 Å². The molecule has 0 aliphatic rings. The monoisotopic (exact) mass is 337 g/mol. The van der Waals surface area contributed by atoms with Gasteiger partial charge >= 0.3 is 0 Å². The smallest absolute Gasteiger partial charge is 0.234 e. The molecule has 1 aromatic heterocycles. The van der Waals surface area contributed by atoms with E-state index in [1.807, 2.05) is 56.3 Å². The molecule has 24 heavy (non-hydrogen) atoms. The molecule has 5 heteroatoms. The summed E-state index contributed by atoms with van der Waals surface area (Å²) in [6.45, 7) is 4.03. The number of aromatic nitrogens is 2. The third-order valence-corrected chi connectivity index (χ3v) is 4.52. The largest absolute Gasteiger partial charge is 0.333 e. The molecule has 122 valence electrons. The van der Waals surface area contributed by atoms with Crippen molar-refractivity contribution in [3.05, 3.63) is 65.9 Å². The van der Waals surface area contributed by atoms with Crippen LogP contribution in [0.15, 0.2) is 59.9 Å². The van der Waals surface area contributed by atoms with E-state index in [9.17, 15) is 4.79 Å². The highest BCUT2D eigenvalue weighted by Gasteiger charge is 2.08. The van der Waals surface area contributed by atoms with Crippen LogP contribution >= 0.6 is 11.8 Å². The van der Waals surface area contributed by atoms with Crippen LogP contribution in [0.1, 0.15) is 11.1 Å². The van der Waals surface area contributed by atoms with Crippen molar-refractivity contribution in [1.29, 1.82) is 0 Å². The van der Waals surface area contributed by atoms with Crippen LogP contribution in [0, 0.1) is 13.8 Å². The first-order valence-electron chi connectivity index (χ1n) is 7.72. The standard InChI is InChI=1S/C19H19N3OS/c1-13-8-9-16(14(2)10-13)21-18(23)12-24-19-20-11-17(22-19)15-6-4-3-5-7-15/h3-11H,12H2,1-2H3,(H,20,22)(H,21,23). The van der Waals surface area contributed by atoms with Gasteiger partial charge in [0.2, 0.25) is 5.91 Å². The normalized spacial score (nSPS) is 10.6. The van der Waals surface area contributed by atoms with E-state index in [1.54, 1.807) is 6.20 Å². The summed E-state index contributed by atoms with van der Waals surface area (Å²) < 4.78 is 0. The van der Waals surface area contributed by atoms with Gasteiger partial charge in [0.05, 0.1) is 17.6 Å². The van der Waals surface area contributed by atoms with E-state index < -0.39 is 0 Å². The van der Waals surface area contributed by atoms with Gasteiger partial charge in [-0.25, -0.2) is 4.98 Å². The van der Waals surface area contributed by atoms with Gasteiger partial charge in [0.25, 0.3) is 0 Å². The molecule has 0 aliphatic heterocycles. The molecular formula is C19H19N3OS. The van der Waals surface area contributed by atoms with E-state index in [0.717, 1.165) is 27.7 Å². The average Bonchev–Trinajstić information content (AvgIpc) is 3.05. The first-order chi connectivity index (χ1) is 11.6. The maximum Gasteiger partial charge on any atom is 0.234 e. The Morgan fingerprint density at radius 1 is 1.17 bits per heavy atom. The summed E-state index contributed by atoms with van der Waals surface area (Å²) in [5.74, 6) is 0.277. The van der Waals surface area contributed by atoms with Crippen molar-refractivity contribution in [3.8, 4) is 11.3 Å². The molecule has 0 spiro atoms. The molecule has 0 bridgehead atoms. The number of rotatable bonds is 5. The van der Waals surface area contributed by atoms with E-state index in [1.165, 1.54) is 17.3 Å². The molecule has 0 aliphatic carbocycles. The van der Waals surface area contributed by atoms with Crippen molar-refractivity contribution in [1.82, 2.24) is 9.97 Å². The minimum absolute atomic E-state index is 0.0374. The number of imidazole rings is 1. The molecule has 0 saturated heterocycles. The number of benzene rings is 2. The number of hydrogen-bond acceptors (Lipinski definition) is 3. The number of nitrogens with one attached hydrogen (secondary N) is 2. The second-order valence-corrected chi connectivity index (χ2v) is 6.59. The fraction of sp³-hybridized carbons (Fsp3) is 0.158. The van der Waals surface area contributed by atoms with Gasteiger partial charge in [-0.15, -0.1) is 0 Å². The Bertz CT molecular complexity index is 843. The fourth-order valence-corrected chi connectivity index (χ4v) is 3.06. The highest BCUT2D eigenvalue weighted by Crippen LogP contribution is 2.22. The number of anilines is 1. The van der Waals surface area contributed by atoms with Crippen LogP contribution in [0.25, 0.3) is 11.3 Å². The molecule has 0 unspecified atom stereocenters. The number of carbonyl (C=O) groups is 1. The zero-order valence-electron chi connectivity index (χ0n) is 13.7. The van der Waals surface area contributed by atoms with Gasteiger partial charge in [0, 0.05) is 5.69 Å². The quantitative estimate of drug-likeness (QED) is 0.677. The Labute approximate surface area is 145 Å². The maximum atomic E-state index is 12.1. The van der Waals surface area contributed by atoms with E-state index >= 15 is 0 Å². The molecule has 1 amide bonds. The van der Waals surface area contributed by atoms with Crippen LogP contribution < -0.4 is 5.32 Å². The Hall–Kier alpha value is -2.53. The molecule has 2 N–H and O–H groups in total. The van der Waals surface area contributed by atoms with Crippen molar-refractivity contribution in [2.45, 2.75) is 19.0 Å². The molecule has 2 aromatic carbocycles. The number of hydrogen-bond donors (Lipinski definition) is 2. The number of H-pyrrole nitrogens is 1. The molecule has 0 atom stereocenters. The van der Waals surface area contributed by atoms with Gasteiger partial charge in [0.1, 0.15) is 0 Å². The number of amides is 1. The minimum atomic E-state index is -0.0374. The third kappa shape index (κ3) is 4.06. The Morgan fingerprint density at radius 3 is 2.71 bits per heavy atom. The van der Waals surface area contributed by atoms with Crippen LogP contribution in [-0.2, 0) is 4.79 Å². The molecule has 4 nitrogen and oxygen atoms in total. The van der Waals surface area contributed by atoms with Crippen LogP contribution in [-0.4, -0.2) is 21.6 Å². The summed E-state index contributed by atoms with van der Waals surface area (Å²) in [6, 6.07) is 16.0. The zero-order chi connectivity index (χ0) is 16.9. The second kappa shape index (κ2) is 7.36. The zero-order valence-corrected chi connectivity index (χ0v) is 14.5. The van der Waals surface area contributed by atoms with E-state index in [0.29, 0.717) is 5.75 Å². The van der Waals surface area contributed by atoms with Gasteiger partial charge in [-0.1, -0.05) is 59.8 Å². The van der Waals surface area contributed by atoms with Crippen LogP contribution in [0.2, 0.25) is 0 Å². The highest BCUT2D eigenvalue weighted by molar-refractivity contribution is 7.99. The predicted molar refractivity (Wildman–Crippen MR) is 99.3 cm³/mol. The topological polar surface area (TPSA) is 57.8 Å². The molecule has 0 radical (unpaired) electrons. The van der Waals surface area contributed by atoms with Gasteiger partial charge < -0.3 is 10.3 Å². The fourth-order valence-electron chi connectivity index (χ4n) is 2.41. The van der Waals surface area contributed by atoms with E-state index in [-0.39, 0.29) is 5.91 Å². The number of aryl methyl sites for hydroxylation is 2. The molecule has 1 heterocycles. The van der Waals surface area contributed by atoms with E-state index in [2.05, 4.69) is 21.4 Å². The summed E-state index contributed by atoms with van der Waals surface area (Å²) in [5, 5.41) is 3.69. The number of carbonyl (C=O) groups excluding carboxylic acids is 1. The molecular weight excluding hydrogens is 318 g/mol. The third-order valence-electron chi connectivity index (χ3n) is 3.63. The molecule has 0 fully saturated rings. The number of thioether (sulfide) groups is 1. The van der Waals surface area contributed by atoms with Gasteiger partial charge in [-0.3, -0.25) is 4.79 Å². The summed E-state index contributed by atoms with van der Waals surface area (Å²) in [5.41, 5.74) is 5.14. The molecule has 3 aromatic rings. The SMILES string of the molecule is Cc1ccc(NC(=O)CSc2ncc(-c3ccccc3)[nH]2)c(C)c1. The lowest BCUT2D eigenvalue weighted by molar-refractivity contribution is -0.113. The number of aromatic amines is 1. The summed E-state index contributed by atoms with van der Waals surface area (Å²) in [4.78, 5) is 19.7. The average molecular weight is 337 g/mol. The Balaban J connectivity index is 1.58. The summed E-state index contributed by atoms with van der Waals surface area (Å²) in [6.07, 6.45) is 1.79. The van der Waals surface area contributed by atoms with Gasteiger partial charge in [0.15, 0.2) is 5.16 Å². The first kappa shape index (κ1) is 16.3. The highest BCUT2D eigenvalue weighted by atomic mass is 32.2. The minimum Gasteiger partial charge on any atom is -0.333 e. The second-order valence-electron chi connectivity index (χ2n) is 5.62. The van der Waals surface area contributed by atoms with Gasteiger partial charge in [-0.2, -0.15) is 0 Å². The first-order valence-corrected chi connectivity index (χ1v) is 8.71. The Morgan fingerprint density at radius 2 is 1.96 bits per heavy atom. The lowest BCUT2D eigenvalue weighted by atomic mass is 10.1. The van der Waals surface area contributed by atoms with Crippen molar-refractivity contribution in [3.63, 3.8) is 0 Å². The van der Waals surface area contributed by atoms with E-state index in [4.69, 9.17) is 0 Å². The maximum absolute atomic E-state index is 12.1. The van der Waals surface area contributed by atoms with Crippen LogP contribution in [0.5, 0.6) is 0 Å². The lowest BCUT2D eigenvalue weighted by Crippen LogP contribution is -2.15. The summed E-state index contributed by atoms with van der Waals surface area (Å²) in [7, 11) is 0.